The van der Waals surface area contributed by atoms with E-state index in [1.54, 1.807) is 30.3 Å². The van der Waals surface area contributed by atoms with E-state index in [1.807, 2.05) is 18.2 Å². The summed E-state index contributed by atoms with van der Waals surface area (Å²) in [6.45, 7) is -0.269. The van der Waals surface area contributed by atoms with E-state index in [0.29, 0.717) is 27.2 Å². The zero-order valence-electron chi connectivity index (χ0n) is 15.0. The minimum Gasteiger partial charge on any atom is -0.431 e. The number of nitrogens with zero attached hydrogens (tertiary/aromatic N) is 3. The maximum atomic E-state index is 12.4. The summed E-state index contributed by atoms with van der Waals surface area (Å²) in [6.07, 6.45) is 1.30. The predicted octanol–water partition coefficient (Wildman–Crippen LogP) is 1.48. The van der Waals surface area contributed by atoms with Gasteiger partial charge in [-0.3, -0.25) is 29.8 Å². The zero-order valence-corrected chi connectivity index (χ0v) is 15.8. The number of hydrazine groups is 1. The van der Waals surface area contributed by atoms with Gasteiger partial charge in [-0.05, 0) is 24.3 Å². The van der Waals surface area contributed by atoms with Crippen molar-refractivity contribution in [2.45, 2.75) is 11.8 Å². The number of oxazole rings is 1. The van der Waals surface area contributed by atoms with Crippen molar-refractivity contribution in [1.82, 2.24) is 25.4 Å². The highest BCUT2D eigenvalue weighted by Crippen LogP contribution is 2.22. The van der Waals surface area contributed by atoms with Gasteiger partial charge in [-0.15, -0.1) is 0 Å². The van der Waals surface area contributed by atoms with Crippen LogP contribution in [0.1, 0.15) is 0 Å². The number of para-hydroxylation sites is 3. The van der Waals surface area contributed by atoms with Crippen LogP contribution in [0, 0.1) is 0 Å². The molecule has 0 saturated heterocycles. The molecule has 0 unspecified atom stereocenters. The highest BCUT2D eigenvalue weighted by molar-refractivity contribution is 7.99. The van der Waals surface area contributed by atoms with E-state index >= 15 is 0 Å². The molecule has 0 aliphatic rings. The number of fused-ring (bicyclic) bond motifs is 2. The van der Waals surface area contributed by atoms with Crippen molar-refractivity contribution in [2.24, 2.45) is 0 Å². The zero-order chi connectivity index (χ0) is 20.2. The molecule has 0 fully saturated rings. The second-order valence-electron chi connectivity index (χ2n) is 6.03. The van der Waals surface area contributed by atoms with E-state index in [9.17, 15) is 14.4 Å². The van der Waals surface area contributed by atoms with E-state index in [-0.39, 0.29) is 17.9 Å². The summed E-state index contributed by atoms with van der Waals surface area (Å²) in [5.74, 6) is -0.983. The Morgan fingerprint density at radius 3 is 2.55 bits per heavy atom. The van der Waals surface area contributed by atoms with Crippen molar-refractivity contribution >= 4 is 45.6 Å². The SMILES string of the molecule is O=C(CSc1nc2ccccc2o1)NNC(=O)Cn1cnc2ccccc2c1=O. The van der Waals surface area contributed by atoms with Gasteiger partial charge < -0.3 is 4.42 Å². The molecule has 10 heteroatoms. The molecule has 0 atom stereocenters. The number of rotatable bonds is 5. The van der Waals surface area contributed by atoms with E-state index < -0.39 is 11.8 Å². The predicted molar refractivity (Wildman–Crippen MR) is 107 cm³/mol. The van der Waals surface area contributed by atoms with Gasteiger partial charge in [0.15, 0.2) is 5.58 Å². The van der Waals surface area contributed by atoms with Gasteiger partial charge in [-0.2, -0.15) is 0 Å². The Morgan fingerprint density at radius 1 is 1.00 bits per heavy atom. The van der Waals surface area contributed by atoms with Gasteiger partial charge in [0.2, 0.25) is 5.91 Å². The standard InChI is InChI=1S/C19H15N5O4S/c25-16(9-24-11-20-13-6-2-1-5-12(13)18(24)27)22-23-17(26)10-29-19-21-14-7-3-4-8-15(14)28-19/h1-8,11H,9-10H2,(H,22,25)(H,23,26). The van der Waals surface area contributed by atoms with Crippen LogP contribution in [0.5, 0.6) is 0 Å². The molecule has 9 nitrogen and oxygen atoms in total. The molecule has 2 aromatic carbocycles. The van der Waals surface area contributed by atoms with Crippen molar-refractivity contribution < 1.29 is 14.0 Å². The van der Waals surface area contributed by atoms with Crippen molar-refractivity contribution in [2.75, 3.05) is 5.75 Å². The molecule has 0 radical (unpaired) electrons. The lowest BCUT2D eigenvalue weighted by Gasteiger charge is -2.08. The van der Waals surface area contributed by atoms with Gasteiger partial charge in [0.05, 0.1) is 23.0 Å². The molecule has 0 bridgehead atoms. The molecule has 0 aliphatic carbocycles. The minimum atomic E-state index is -0.551. The summed E-state index contributed by atoms with van der Waals surface area (Å²) < 4.78 is 6.69. The number of benzene rings is 2. The summed E-state index contributed by atoms with van der Waals surface area (Å²) >= 11 is 1.11. The second-order valence-corrected chi connectivity index (χ2v) is 6.95. The molecular formula is C19H15N5O4S. The molecule has 2 amide bonds. The summed E-state index contributed by atoms with van der Waals surface area (Å²) in [5.41, 5.74) is 6.15. The van der Waals surface area contributed by atoms with Gasteiger partial charge in [-0.25, -0.2) is 9.97 Å². The molecule has 29 heavy (non-hydrogen) atoms. The molecule has 146 valence electrons. The van der Waals surface area contributed by atoms with Crippen LogP contribution in [-0.4, -0.2) is 32.1 Å². The first kappa shape index (κ1) is 18.7. The first-order valence-corrected chi connectivity index (χ1v) is 9.59. The summed E-state index contributed by atoms with van der Waals surface area (Å²) in [7, 11) is 0. The smallest absolute Gasteiger partial charge is 0.261 e. The molecule has 0 saturated carbocycles. The van der Waals surface area contributed by atoms with E-state index in [0.717, 1.165) is 11.8 Å². The van der Waals surface area contributed by atoms with Crippen LogP contribution in [0.15, 0.2) is 69.3 Å². The Kier molecular flexibility index (Phi) is 5.25. The number of thioether (sulfide) groups is 1. The maximum Gasteiger partial charge on any atom is 0.261 e. The highest BCUT2D eigenvalue weighted by atomic mass is 32.2. The van der Waals surface area contributed by atoms with Crippen molar-refractivity contribution in [3.8, 4) is 0 Å². The topological polar surface area (TPSA) is 119 Å². The summed E-state index contributed by atoms with van der Waals surface area (Å²) in [6, 6.07) is 14.1. The van der Waals surface area contributed by atoms with Gasteiger partial charge in [0.1, 0.15) is 12.1 Å². The third-order valence-electron chi connectivity index (χ3n) is 3.99. The number of amides is 2. The third-order valence-corrected chi connectivity index (χ3v) is 4.82. The number of hydrogen-bond acceptors (Lipinski definition) is 7. The Hall–Kier alpha value is -3.66. The number of aromatic nitrogens is 3. The Labute approximate surface area is 168 Å². The molecular weight excluding hydrogens is 394 g/mol. The average molecular weight is 409 g/mol. The first-order valence-electron chi connectivity index (χ1n) is 8.60. The monoisotopic (exact) mass is 409 g/mol. The van der Waals surface area contributed by atoms with Crippen molar-refractivity contribution in [3.05, 3.63) is 65.2 Å². The van der Waals surface area contributed by atoms with E-state index in [2.05, 4.69) is 20.8 Å². The van der Waals surface area contributed by atoms with Gasteiger partial charge in [0.25, 0.3) is 16.7 Å². The molecule has 0 spiro atoms. The van der Waals surface area contributed by atoms with E-state index in [4.69, 9.17) is 4.42 Å². The van der Waals surface area contributed by atoms with Gasteiger partial charge in [0, 0.05) is 0 Å². The van der Waals surface area contributed by atoms with Crippen LogP contribution in [0.2, 0.25) is 0 Å². The molecule has 0 aliphatic heterocycles. The van der Waals surface area contributed by atoms with Crippen LogP contribution >= 0.6 is 11.8 Å². The first-order chi connectivity index (χ1) is 14.1. The quantitative estimate of drug-likeness (QED) is 0.378. The minimum absolute atomic E-state index is 0.00454. The average Bonchev–Trinajstić information content (AvgIpc) is 3.16. The van der Waals surface area contributed by atoms with Crippen molar-refractivity contribution in [1.29, 1.82) is 0 Å². The Bertz CT molecular complexity index is 1230. The second kappa shape index (κ2) is 8.15. The fourth-order valence-electron chi connectivity index (χ4n) is 2.63. The lowest BCUT2D eigenvalue weighted by molar-refractivity contribution is -0.128. The fourth-order valence-corrected chi connectivity index (χ4v) is 3.27. The van der Waals surface area contributed by atoms with Gasteiger partial charge in [-0.1, -0.05) is 36.0 Å². The lowest BCUT2D eigenvalue weighted by atomic mass is 10.2. The Balaban J connectivity index is 1.29. The van der Waals surface area contributed by atoms with Crippen molar-refractivity contribution in [3.63, 3.8) is 0 Å². The number of nitrogens with one attached hydrogen (secondary N) is 2. The molecule has 2 aromatic heterocycles. The number of carbonyl (C=O) groups is 2. The van der Waals surface area contributed by atoms with Crippen LogP contribution in [0.3, 0.4) is 0 Å². The van der Waals surface area contributed by atoms with Crippen LogP contribution in [-0.2, 0) is 16.1 Å². The summed E-state index contributed by atoms with van der Waals surface area (Å²) in [5, 5.41) is 0.781. The van der Waals surface area contributed by atoms with Crippen LogP contribution < -0.4 is 16.4 Å². The molecule has 2 heterocycles. The largest absolute Gasteiger partial charge is 0.431 e. The Morgan fingerprint density at radius 2 is 1.72 bits per heavy atom. The maximum absolute atomic E-state index is 12.4. The van der Waals surface area contributed by atoms with Crippen LogP contribution in [0.25, 0.3) is 22.0 Å². The fraction of sp³-hybridized carbons (Fsp3) is 0.105. The normalized spacial score (nSPS) is 10.9. The molecule has 2 N–H and O–H groups in total. The highest BCUT2D eigenvalue weighted by Gasteiger charge is 2.11. The number of carbonyl (C=O) groups excluding carboxylic acids is 2. The van der Waals surface area contributed by atoms with E-state index in [1.165, 1.54) is 10.9 Å². The molecule has 4 rings (SSSR count). The third kappa shape index (κ3) is 4.27. The lowest BCUT2D eigenvalue weighted by Crippen LogP contribution is -2.44. The van der Waals surface area contributed by atoms with Crippen LogP contribution in [0.4, 0.5) is 0 Å². The summed E-state index contributed by atoms with van der Waals surface area (Å²) in [4.78, 5) is 44.7. The number of hydrogen-bond donors (Lipinski definition) is 2. The van der Waals surface area contributed by atoms with Gasteiger partial charge >= 0.3 is 0 Å². The molecule has 4 aromatic rings.